The van der Waals surface area contributed by atoms with Crippen LogP contribution in [-0.2, 0) is 20.7 Å². The molecule has 0 fully saturated rings. The Morgan fingerprint density at radius 2 is 2.06 bits per heavy atom. The van der Waals surface area contributed by atoms with Crippen molar-refractivity contribution in [3.8, 4) is 0 Å². The normalized spacial score (nSPS) is 11.7. The fourth-order valence-corrected chi connectivity index (χ4v) is 1.32. The summed E-state index contributed by atoms with van der Waals surface area (Å²) in [7, 11) is 1.21. The van der Waals surface area contributed by atoms with Crippen molar-refractivity contribution in [2.75, 3.05) is 7.11 Å². The first-order valence-corrected chi connectivity index (χ1v) is 5.12. The Balaban J connectivity index is 2.68. The van der Waals surface area contributed by atoms with Crippen LogP contribution in [0.2, 0.25) is 0 Å². The molecule has 0 aromatic carbocycles. The number of H-pyrrole nitrogens is 2. The zero-order valence-corrected chi connectivity index (χ0v) is 9.90. The van der Waals surface area contributed by atoms with E-state index in [-0.39, 0.29) is 12.1 Å². The molecule has 0 aliphatic carbocycles. The summed E-state index contributed by atoms with van der Waals surface area (Å²) in [5.74, 6) is -1.09. The van der Waals surface area contributed by atoms with E-state index in [0.29, 0.717) is 0 Å². The second kappa shape index (κ2) is 5.80. The van der Waals surface area contributed by atoms with Crippen LogP contribution in [0, 0.1) is 0 Å². The minimum atomic E-state index is -0.795. The first-order valence-electron chi connectivity index (χ1n) is 5.12. The number of carbonyl (C=O) groups excluding carboxylic acids is 2. The third-order valence-corrected chi connectivity index (χ3v) is 2.10. The maximum Gasteiger partial charge on any atom is 0.328 e. The van der Waals surface area contributed by atoms with E-state index in [1.807, 2.05) is 4.98 Å². The Kier molecular flexibility index (Phi) is 4.41. The number of ether oxygens (including phenoxy) is 1. The molecule has 1 heterocycles. The van der Waals surface area contributed by atoms with E-state index in [1.165, 1.54) is 14.0 Å². The number of methoxy groups -OCH3 is 1. The van der Waals surface area contributed by atoms with Crippen molar-refractivity contribution in [1.29, 1.82) is 0 Å². The lowest BCUT2D eigenvalue weighted by atomic mass is 10.2. The van der Waals surface area contributed by atoms with Gasteiger partial charge < -0.3 is 15.0 Å². The molecule has 0 saturated carbocycles. The maximum absolute atomic E-state index is 11.5. The molecule has 1 rings (SSSR count). The first-order chi connectivity index (χ1) is 8.42. The van der Waals surface area contributed by atoms with Gasteiger partial charge in [0.1, 0.15) is 6.04 Å². The molecule has 8 heteroatoms. The molecule has 0 radical (unpaired) electrons. The molecular weight excluding hydrogens is 242 g/mol. The molecule has 1 atom stereocenters. The fraction of sp³-hybridized carbons (Fsp3) is 0.400. The summed E-state index contributed by atoms with van der Waals surface area (Å²) in [6.45, 7) is 1.46. The third-order valence-electron chi connectivity index (χ3n) is 2.10. The molecule has 0 saturated heterocycles. The lowest BCUT2D eigenvalue weighted by Crippen LogP contribution is -2.40. The molecule has 0 spiro atoms. The quantitative estimate of drug-likeness (QED) is 0.553. The fourth-order valence-electron chi connectivity index (χ4n) is 1.32. The Hall–Kier alpha value is -2.38. The van der Waals surface area contributed by atoms with Crippen molar-refractivity contribution in [2.45, 2.75) is 19.4 Å². The molecule has 8 nitrogen and oxygen atoms in total. The minimum absolute atomic E-state index is 0.165. The van der Waals surface area contributed by atoms with Crippen LogP contribution in [0.15, 0.2) is 15.7 Å². The zero-order valence-electron chi connectivity index (χ0n) is 9.90. The maximum atomic E-state index is 11.5. The standard InChI is InChI=1S/C10H13N3O5/c1-5(9(16)18-2)11-7(14)3-6-4-8(15)13-10(17)12-6/h4-5H,3H2,1-2H3,(H,11,14)(H2,12,13,15,17)/t5-/m0/s1. The van der Waals surface area contributed by atoms with Crippen LogP contribution in [0.25, 0.3) is 0 Å². The van der Waals surface area contributed by atoms with Crippen molar-refractivity contribution in [3.05, 3.63) is 32.6 Å². The summed E-state index contributed by atoms with van der Waals surface area (Å²) in [6.07, 6.45) is -0.208. The van der Waals surface area contributed by atoms with Crippen LogP contribution in [-0.4, -0.2) is 35.0 Å². The highest BCUT2D eigenvalue weighted by atomic mass is 16.5. The topological polar surface area (TPSA) is 121 Å². The smallest absolute Gasteiger partial charge is 0.328 e. The predicted octanol–water partition coefficient (Wildman–Crippen LogP) is -1.72. The molecule has 1 amide bonds. The average Bonchev–Trinajstić information content (AvgIpc) is 2.25. The van der Waals surface area contributed by atoms with Crippen LogP contribution < -0.4 is 16.6 Å². The zero-order chi connectivity index (χ0) is 13.7. The van der Waals surface area contributed by atoms with Gasteiger partial charge in [-0.05, 0) is 6.92 Å². The summed E-state index contributed by atoms with van der Waals surface area (Å²) < 4.78 is 4.43. The van der Waals surface area contributed by atoms with E-state index in [9.17, 15) is 19.2 Å². The van der Waals surface area contributed by atoms with Gasteiger partial charge in [0.25, 0.3) is 5.56 Å². The van der Waals surface area contributed by atoms with Gasteiger partial charge in [0.05, 0.1) is 13.5 Å². The first kappa shape index (κ1) is 13.7. The predicted molar refractivity (Wildman–Crippen MR) is 61.0 cm³/mol. The van der Waals surface area contributed by atoms with Crippen LogP contribution in [0.5, 0.6) is 0 Å². The van der Waals surface area contributed by atoms with Gasteiger partial charge in [-0.1, -0.05) is 0 Å². The minimum Gasteiger partial charge on any atom is -0.467 e. The van der Waals surface area contributed by atoms with E-state index in [4.69, 9.17) is 0 Å². The molecule has 18 heavy (non-hydrogen) atoms. The number of nitrogens with one attached hydrogen (secondary N) is 3. The summed E-state index contributed by atoms with van der Waals surface area (Å²) in [5.41, 5.74) is -1.12. The van der Waals surface area contributed by atoms with Gasteiger partial charge in [-0.25, -0.2) is 9.59 Å². The van der Waals surface area contributed by atoms with Crippen LogP contribution in [0.3, 0.4) is 0 Å². The van der Waals surface area contributed by atoms with Crippen molar-refractivity contribution in [1.82, 2.24) is 15.3 Å². The second-order valence-corrected chi connectivity index (χ2v) is 3.60. The lowest BCUT2D eigenvalue weighted by Gasteiger charge is -2.11. The number of aromatic nitrogens is 2. The molecule has 98 valence electrons. The Morgan fingerprint density at radius 1 is 1.39 bits per heavy atom. The molecule has 0 unspecified atom stereocenters. The van der Waals surface area contributed by atoms with Gasteiger partial charge >= 0.3 is 11.7 Å². The Labute approximate surface area is 101 Å². The van der Waals surface area contributed by atoms with Crippen molar-refractivity contribution in [3.63, 3.8) is 0 Å². The number of hydrogen-bond acceptors (Lipinski definition) is 5. The van der Waals surface area contributed by atoms with Crippen LogP contribution in [0.4, 0.5) is 0 Å². The molecule has 0 bridgehead atoms. The third kappa shape index (κ3) is 3.89. The van der Waals surface area contributed by atoms with Gasteiger partial charge in [0, 0.05) is 11.8 Å². The van der Waals surface area contributed by atoms with Gasteiger partial charge in [-0.15, -0.1) is 0 Å². The Bertz CT molecular complexity index is 531. The molecule has 0 aliphatic heterocycles. The SMILES string of the molecule is COC(=O)[C@H](C)NC(=O)Cc1cc(=O)[nH]c(=O)[nH]1. The highest BCUT2D eigenvalue weighted by molar-refractivity contribution is 5.85. The largest absolute Gasteiger partial charge is 0.467 e. The van der Waals surface area contributed by atoms with E-state index in [2.05, 4.69) is 15.0 Å². The van der Waals surface area contributed by atoms with Crippen molar-refractivity contribution < 1.29 is 14.3 Å². The number of rotatable bonds is 4. The second-order valence-electron chi connectivity index (χ2n) is 3.60. The molecular formula is C10H13N3O5. The monoisotopic (exact) mass is 255 g/mol. The molecule has 0 aliphatic rings. The molecule has 1 aromatic rings. The highest BCUT2D eigenvalue weighted by Gasteiger charge is 2.16. The average molecular weight is 255 g/mol. The van der Waals surface area contributed by atoms with Gasteiger partial charge in [0.2, 0.25) is 5.91 Å². The van der Waals surface area contributed by atoms with Crippen LogP contribution >= 0.6 is 0 Å². The van der Waals surface area contributed by atoms with Gasteiger partial charge in [0.15, 0.2) is 0 Å². The Morgan fingerprint density at radius 3 is 2.61 bits per heavy atom. The van der Waals surface area contributed by atoms with E-state index in [1.54, 1.807) is 0 Å². The number of hydrogen-bond donors (Lipinski definition) is 3. The van der Waals surface area contributed by atoms with Crippen LogP contribution in [0.1, 0.15) is 12.6 Å². The number of amides is 1. The lowest BCUT2D eigenvalue weighted by molar-refractivity contribution is -0.144. The summed E-state index contributed by atoms with van der Waals surface area (Å²) in [5, 5.41) is 2.37. The number of carbonyl (C=O) groups is 2. The van der Waals surface area contributed by atoms with E-state index >= 15 is 0 Å². The van der Waals surface area contributed by atoms with Crippen molar-refractivity contribution >= 4 is 11.9 Å². The molecule has 1 aromatic heterocycles. The summed E-state index contributed by atoms with van der Waals surface area (Å²) in [4.78, 5) is 48.8. The number of aromatic amines is 2. The van der Waals surface area contributed by atoms with Gasteiger partial charge in [-0.2, -0.15) is 0 Å². The highest BCUT2D eigenvalue weighted by Crippen LogP contribution is 1.91. The van der Waals surface area contributed by atoms with E-state index in [0.717, 1.165) is 6.07 Å². The van der Waals surface area contributed by atoms with E-state index < -0.39 is 29.2 Å². The summed E-state index contributed by atoms with van der Waals surface area (Å²) >= 11 is 0. The summed E-state index contributed by atoms with van der Waals surface area (Å²) in [6, 6.07) is 0.306. The molecule has 3 N–H and O–H groups in total. The number of esters is 1. The van der Waals surface area contributed by atoms with Gasteiger partial charge in [-0.3, -0.25) is 14.6 Å². The van der Waals surface area contributed by atoms with Crippen molar-refractivity contribution in [2.24, 2.45) is 0 Å².